The van der Waals surface area contributed by atoms with Gasteiger partial charge in [0.1, 0.15) is 0 Å². The van der Waals surface area contributed by atoms with Crippen LogP contribution in [0.2, 0.25) is 5.02 Å². The lowest BCUT2D eigenvalue weighted by molar-refractivity contribution is -0.136. The van der Waals surface area contributed by atoms with E-state index >= 15 is 0 Å². The van der Waals surface area contributed by atoms with Gasteiger partial charge in [-0.2, -0.15) is 0 Å². The van der Waals surface area contributed by atoms with E-state index in [1.807, 2.05) is 12.1 Å². The van der Waals surface area contributed by atoms with Crippen LogP contribution in [0.15, 0.2) is 36.4 Å². The zero-order chi connectivity index (χ0) is 19.1. The van der Waals surface area contributed by atoms with Gasteiger partial charge in [0.15, 0.2) is 11.5 Å². The lowest BCUT2D eigenvalue weighted by Gasteiger charge is -2.10. The highest BCUT2D eigenvalue weighted by Gasteiger charge is 2.15. The topological polar surface area (TPSA) is 103 Å². The molecule has 0 atom stereocenters. The van der Waals surface area contributed by atoms with Gasteiger partial charge in [-0.15, -0.1) is 0 Å². The molecule has 2 amide bonds. The third-order valence-electron chi connectivity index (χ3n) is 3.59. The number of nitrogen functional groups attached to an aromatic ring is 1. The number of amides is 2. The molecular weight excluding hydrogens is 358 g/mol. The average molecular weight is 378 g/mol. The van der Waals surface area contributed by atoms with Crippen LogP contribution < -0.4 is 25.8 Å². The van der Waals surface area contributed by atoms with E-state index in [0.29, 0.717) is 29.3 Å². The van der Waals surface area contributed by atoms with Crippen molar-refractivity contribution in [3.63, 3.8) is 0 Å². The van der Waals surface area contributed by atoms with E-state index in [1.165, 1.54) is 12.1 Å². The number of hydrogen-bond acceptors (Lipinski definition) is 5. The average Bonchev–Trinajstić information content (AvgIpc) is 2.63. The zero-order valence-corrected chi connectivity index (χ0v) is 15.2. The third-order valence-corrected chi connectivity index (χ3v) is 3.91. The fraction of sp³-hybridized carbons (Fsp3) is 0.222. The van der Waals surface area contributed by atoms with E-state index < -0.39 is 11.8 Å². The quantitative estimate of drug-likeness (QED) is 0.529. The van der Waals surface area contributed by atoms with Crippen molar-refractivity contribution in [1.82, 2.24) is 5.32 Å². The molecular formula is C18H20ClN3O4. The predicted molar refractivity (Wildman–Crippen MR) is 101 cm³/mol. The van der Waals surface area contributed by atoms with Gasteiger partial charge in [0, 0.05) is 12.2 Å². The number of ether oxygens (including phenoxy) is 2. The molecule has 0 bridgehead atoms. The maximum absolute atomic E-state index is 11.9. The molecule has 2 aromatic rings. The molecule has 0 unspecified atom stereocenters. The summed E-state index contributed by atoms with van der Waals surface area (Å²) in [6.45, 7) is 0.289. The summed E-state index contributed by atoms with van der Waals surface area (Å²) in [5, 5.41) is 5.26. The maximum atomic E-state index is 11.9. The van der Waals surface area contributed by atoms with Gasteiger partial charge in [-0.05, 0) is 42.3 Å². The Morgan fingerprint density at radius 3 is 2.42 bits per heavy atom. The number of methoxy groups -OCH3 is 2. The Balaban J connectivity index is 1.87. The first kappa shape index (κ1) is 19.4. The second-order valence-corrected chi connectivity index (χ2v) is 5.80. The van der Waals surface area contributed by atoms with Crippen LogP contribution in [0.25, 0.3) is 0 Å². The largest absolute Gasteiger partial charge is 0.493 e. The smallest absolute Gasteiger partial charge is 0.313 e. The van der Waals surface area contributed by atoms with Gasteiger partial charge in [-0.1, -0.05) is 17.7 Å². The summed E-state index contributed by atoms with van der Waals surface area (Å²) in [6, 6.07) is 10.1. The van der Waals surface area contributed by atoms with Crippen molar-refractivity contribution in [2.24, 2.45) is 0 Å². The van der Waals surface area contributed by atoms with Crippen molar-refractivity contribution in [2.45, 2.75) is 6.42 Å². The summed E-state index contributed by atoms with van der Waals surface area (Å²) in [7, 11) is 3.11. The number of carbonyl (C=O) groups is 2. The van der Waals surface area contributed by atoms with Crippen LogP contribution in [-0.4, -0.2) is 32.6 Å². The van der Waals surface area contributed by atoms with Gasteiger partial charge in [0.05, 0.1) is 24.9 Å². The highest BCUT2D eigenvalue weighted by molar-refractivity contribution is 6.41. The Morgan fingerprint density at radius 1 is 1.04 bits per heavy atom. The summed E-state index contributed by atoms with van der Waals surface area (Å²) in [5.41, 5.74) is 7.31. The fourth-order valence-electron chi connectivity index (χ4n) is 2.25. The van der Waals surface area contributed by atoms with Gasteiger partial charge < -0.3 is 25.8 Å². The highest BCUT2D eigenvalue weighted by atomic mass is 35.5. The van der Waals surface area contributed by atoms with Crippen LogP contribution in [0, 0.1) is 0 Å². The van der Waals surface area contributed by atoms with Gasteiger partial charge in [0.2, 0.25) is 0 Å². The zero-order valence-electron chi connectivity index (χ0n) is 14.5. The molecule has 0 saturated carbocycles. The molecule has 2 aromatic carbocycles. The molecule has 4 N–H and O–H groups in total. The second kappa shape index (κ2) is 8.96. The van der Waals surface area contributed by atoms with Crippen molar-refractivity contribution in [3.8, 4) is 11.5 Å². The van der Waals surface area contributed by atoms with Crippen LogP contribution in [0.5, 0.6) is 11.5 Å². The van der Waals surface area contributed by atoms with Gasteiger partial charge in [-0.25, -0.2) is 0 Å². The monoisotopic (exact) mass is 377 g/mol. The first-order valence-corrected chi connectivity index (χ1v) is 8.17. The van der Waals surface area contributed by atoms with E-state index in [1.54, 1.807) is 26.4 Å². The lowest BCUT2D eigenvalue weighted by atomic mass is 10.1. The second-order valence-electron chi connectivity index (χ2n) is 5.39. The van der Waals surface area contributed by atoms with Crippen molar-refractivity contribution < 1.29 is 19.1 Å². The highest BCUT2D eigenvalue weighted by Crippen LogP contribution is 2.27. The number of benzene rings is 2. The van der Waals surface area contributed by atoms with Crippen LogP contribution in [0.4, 0.5) is 11.4 Å². The van der Waals surface area contributed by atoms with Gasteiger partial charge in [0.25, 0.3) is 0 Å². The minimum absolute atomic E-state index is 0.261. The number of rotatable bonds is 6. The molecule has 0 aliphatic carbocycles. The first-order chi connectivity index (χ1) is 12.4. The Labute approximate surface area is 156 Å². The summed E-state index contributed by atoms with van der Waals surface area (Å²) in [4.78, 5) is 23.8. The standard InChI is InChI=1S/C18H20ClN3O4/c1-25-15-6-3-11(9-16(15)26-2)7-8-21-17(23)18(24)22-14-5-4-12(20)10-13(14)19/h3-6,9-10H,7-8,20H2,1-2H3,(H,21,23)(H,22,24). The first-order valence-electron chi connectivity index (χ1n) is 7.79. The Morgan fingerprint density at radius 2 is 1.77 bits per heavy atom. The minimum Gasteiger partial charge on any atom is -0.493 e. The Bertz CT molecular complexity index is 811. The Hall–Kier alpha value is -2.93. The van der Waals surface area contributed by atoms with Crippen molar-refractivity contribution in [1.29, 1.82) is 0 Å². The van der Waals surface area contributed by atoms with Crippen LogP contribution >= 0.6 is 11.6 Å². The van der Waals surface area contributed by atoms with E-state index in [2.05, 4.69) is 10.6 Å². The predicted octanol–water partition coefficient (Wildman–Crippen LogP) is 2.24. The molecule has 0 heterocycles. The summed E-state index contributed by atoms with van der Waals surface area (Å²) in [6.07, 6.45) is 0.530. The van der Waals surface area contributed by atoms with Crippen molar-refractivity contribution in [3.05, 3.63) is 47.0 Å². The SMILES string of the molecule is COc1ccc(CCNC(=O)C(=O)Nc2ccc(N)cc2Cl)cc1OC. The number of carbonyl (C=O) groups excluding carboxylic acids is 2. The molecule has 138 valence electrons. The number of anilines is 2. The van der Waals surface area contributed by atoms with Crippen molar-refractivity contribution >= 4 is 34.8 Å². The lowest BCUT2D eigenvalue weighted by Crippen LogP contribution is -2.36. The van der Waals surface area contributed by atoms with Crippen molar-refractivity contribution in [2.75, 3.05) is 31.8 Å². The molecule has 0 aliphatic rings. The number of nitrogens with two attached hydrogens (primary N) is 1. The fourth-order valence-corrected chi connectivity index (χ4v) is 2.48. The minimum atomic E-state index is -0.802. The molecule has 2 rings (SSSR count). The summed E-state index contributed by atoms with van der Waals surface area (Å²) in [5.74, 6) is -0.325. The maximum Gasteiger partial charge on any atom is 0.313 e. The molecule has 0 saturated heterocycles. The molecule has 7 nitrogen and oxygen atoms in total. The molecule has 0 aromatic heterocycles. The molecule has 0 spiro atoms. The normalized spacial score (nSPS) is 10.1. The number of hydrogen-bond donors (Lipinski definition) is 3. The number of nitrogens with one attached hydrogen (secondary N) is 2. The third kappa shape index (κ3) is 5.03. The van der Waals surface area contributed by atoms with E-state index in [4.69, 9.17) is 26.8 Å². The van der Waals surface area contributed by atoms with E-state index in [0.717, 1.165) is 5.56 Å². The van der Waals surface area contributed by atoms with Crippen LogP contribution in [0.3, 0.4) is 0 Å². The number of halogens is 1. The molecule has 8 heteroatoms. The van der Waals surface area contributed by atoms with E-state index in [-0.39, 0.29) is 11.6 Å². The molecule has 0 aliphatic heterocycles. The molecule has 0 fully saturated rings. The van der Waals surface area contributed by atoms with E-state index in [9.17, 15) is 9.59 Å². The van der Waals surface area contributed by atoms with Gasteiger partial charge in [-0.3, -0.25) is 9.59 Å². The summed E-state index contributed by atoms with van der Waals surface area (Å²) < 4.78 is 10.4. The van der Waals surface area contributed by atoms with Crippen LogP contribution in [-0.2, 0) is 16.0 Å². The molecule has 0 radical (unpaired) electrons. The Kier molecular flexibility index (Phi) is 6.68. The van der Waals surface area contributed by atoms with Gasteiger partial charge >= 0.3 is 11.8 Å². The molecule has 26 heavy (non-hydrogen) atoms. The summed E-state index contributed by atoms with van der Waals surface area (Å²) >= 11 is 5.97. The van der Waals surface area contributed by atoms with Crippen LogP contribution in [0.1, 0.15) is 5.56 Å².